The molecule has 162 valence electrons. The number of nitrogens with zero attached hydrogens (tertiary/aromatic N) is 3. The van der Waals surface area contributed by atoms with E-state index in [9.17, 15) is 4.79 Å². The van der Waals surface area contributed by atoms with Crippen LogP contribution in [0.2, 0.25) is 5.02 Å². The van der Waals surface area contributed by atoms with E-state index >= 15 is 0 Å². The molecule has 4 rings (SSSR count). The van der Waals surface area contributed by atoms with E-state index in [1.165, 1.54) is 4.68 Å². The van der Waals surface area contributed by atoms with Crippen molar-refractivity contribution in [2.75, 3.05) is 0 Å². The first-order valence-electron chi connectivity index (χ1n) is 10.3. The number of halogens is 2. The van der Waals surface area contributed by atoms with Gasteiger partial charge < -0.3 is 4.74 Å². The molecule has 0 saturated heterocycles. The summed E-state index contributed by atoms with van der Waals surface area (Å²) in [6.45, 7) is 2.51. The maximum atomic E-state index is 13.1. The minimum absolute atomic E-state index is 0.182. The molecule has 0 N–H and O–H groups in total. The summed E-state index contributed by atoms with van der Waals surface area (Å²) in [5.41, 5.74) is 2.39. The summed E-state index contributed by atoms with van der Waals surface area (Å²) in [4.78, 5) is 17.7. The van der Waals surface area contributed by atoms with Gasteiger partial charge in [-0.2, -0.15) is 9.78 Å². The second kappa shape index (κ2) is 10.1. The molecule has 0 aliphatic carbocycles. The lowest BCUT2D eigenvalue weighted by molar-refractivity contribution is 0.306. The molecule has 0 amide bonds. The fourth-order valence-electron chi connectivity index (χ4n) is 3.22. The summed E-state index contributed by atoms with van der Waals surface area (Å²) in [6.07, 6.45) is 3.19. The second-order valence-corrected chi connectivity index (χ2v) is 8.64. The molecule has 5 nitrogen and oxygen atoms in total. The second-order valence-electron chi connectivity index (χ2n) is 7.29. The molecule has 4 aromatic rings. The summed E-state index contributed by atoms with van der Waals surface area (Å²) in [7, 11) is 0. The maximum absolute atomic E-state index is 13.1. The highest BCUT2D eigenvalue weighted by Gasteiger charge is 2.10. The molecule has 0 aliphatic rings. The molecule has 0 spiro atoms. The van der Waals surface area contributed by atoms with Crippen molar-refractivity contribution in [2.24, 2.45) is 5.10 Å². The van der Waals surface area contributed by atoms with Gasteiger partial charge >= 0.3 is 0 Å². The molecule has 0 radical (unpaired) electrons. The van der Waals surface area contributed by atoms with Crippen LogP contribution in [0.1, 0.15) is 30.3 Å². The van der Waals surface area contributed by atoms with E-state index in [4.69, 9.17) is 16.3 Å². The van der Waals surface area contributed by atoms with Crippen LogP contribution < -0.4 is 10.3 Å². The van der Waals surface area contributed by atoms with Gasteiger partial charge in [-0.05, 0) is 72.1 Å². The first kappa shape index (κ1) is 22.2. The molecule has 32 heavy (non-hydrogen) atoms. The monoisotopic (exact) mass is 509 g/mol. The Morgan fingerprint density at radius 3 is 2.56 bits per heavy atom. The Hall–Kier alpha value is -2.96. The van der Waals surface area contributed by atoms with Gasteiger partial charge in [0.1, 0.15) is 18.2 Å². The van der Waals surface area contributed by atoms with E-state index < -0.39 is 0 Å². The number of hydrogen-bond donors (Lipinski definition) is 0. The molecular formula is C25H21BrClN3O2. The Labute approximate surface area is 199 Å². The summed E-state index contributed by atoms with van der Waals surface area (Å²) in [5, 5.41) is 5.69. The van der Waals surface area contributed by atoms with Crippen LogP contribution in [0, 0.1) is 0 Å². The highest BCUT2D eigenvalue weighted by atomic mass is 79.9. The van der Waals surface area contributed by atoms with Crippen LogP contribution in [0.4, 0.5) is 0 Å². The van der Waals surface area contributed by atoms with Crippen molar-refractivity contribution in [2.45, 2.75) is 26.4 Å². The van der Waals surface area contributed by atoms with Gasteiger partial charge in [0.05, 0.1) is 17.1 Å². The fourth-order valence-corrected chi connectivity index (χ4v) is 3.71. The van der Waals surface area contributed by atoms with Crippen LogP contribution in [0.25, 0.3) is 10.9 Å². The third-order valence-corrected chi connectivity index (χ3v) is 5.62. The summed E-state index contributed by atoms with van der Waals surface area (Å²) in [6, 6.07) is 20.6. The highest BCUT2D eigenvalue weighted by molar-refractivity contribution is 9.10. The third-order valence-electron chi connectivity index (χ3n) is 4.87. The zero-order valence-electron chi connectivity index (χ0n) is 17.5. The Morgan fingerprint density at radius 1 is 1.09 bits per heavy atom. The number of hydrogen-bond acceptors (Lipinski definition) is 4. The zero-order valence-corrected chi connectivity index (χ0v) is 19.8. The quantitative estimate of drug-likeness (QED) is 0.277. The van der Waals surface area contributed by atoms with Gasteiger partial charge in [0, 0.05) is 15.9 Å². The minimum Gasteiger partial charge on any atom is -0.489 e. The van der Waals surface area contributed by atoms with Crippen molar-refractivity contribution >= 4 is 44.6 Å². The topological polar surface area (TPSA) is 56.5 Å². The van der Waals surface area contributed by atoms with E-state index in [-0.39, 0.29) is 5.56 Å². The average molecular weight is 511 g/mol. The molecule has 1 heterocycles. The Bertz CT molecular complexity index is 1320. The van der Waals surface area contributed by atoms with Gasteiger partial charge in [-0.25, -0.2) is 4.98 Å². The molecular weight excluding hydrogens is 490 g/mol. The Morgan fingerprint density at radius 2 is 1.84 bits per heavy atom. The van der Waals surface area contributed by atoms with Crippen LogP contribution in [0.15, 0.2) is 81.1 Å². The van der Waals surface area contributed by atoms with Crippen LogP contribution in [-0.4, -0.2) is 15.9 Å². The number of rotatable bonds is 7. The molecule has 0 aliphatic heterocycles. The summed E-state index contributed by atoms with van der Waals surface area (Å²) < 4.78 is 8.04. The van der Waals surface area contributed by atoms with E-state index in [1.807, 2.05) is 60.7 Å². The predicted molar refractivity (Wildman–Crippen MR) is 133 cm³/mol. The number of aromatic nitrogens is 2. The third kappa shape index (κ3) is 5.26. The van der Waals surface area contributed by atoms with E-state index in [0.717, 1.165) is 27.8 Å². The molecule has 0 fully saturated rings. The number of aryl methyl sites for hydroxylation is 1. The Kier molecular flexibility index (Phi) is 7.02. The van der Waals surface area contributed by atoms with Gasteiger partial charge in [0.25, 0.3) is 5.56 Å². The van der Waals surface area contributed by atoms with E-state index in [1.54, 1.807) is 12.3 Å². The van der Waals surface area contributed by atoms with Crippen LogP contribution in [0.3, 0.4) is 0 Å². The molecule has 0 bridgehead atoms. The lowest BCUT2D eigenvalue weighted by Gasteiger charge is -2.09. The van der Waals surface area contributed by atoms with Gasteiger partial charge in [-0.3, -0.25) is 4.79 Å². The SMILES string of the molecule is CCCc1nc2ccc(Br)cc2c(=O)n1N=Cc1ccc(OCc2ccc(Cl)cc2)cc1. The number of ether oxygens (including phenoxy) is 1. The van der Waals surface area contributed by atoms with E-state index in [2.05, 4.69) is 32.9 Å². The predicted octanol–water partition coefficient (Wildman–Crippen LogP) is 6.23. The van der Waals surface area contributed by atoms with Crippen molar-refractivity contribution in [1.29, 1.82) is 0 Å². The molecule has 0 saturated carbocycles. The molecule has 1 aromatic heterocycles. The van der Waals surface area contributed by atoms with Crippen molar-refractivity contribution in [1.82, 2.24) is 9.66 Å². The smallest absolute Gasteiger partial charge is 0.282 e. The largest absolute Gasteiger partial charge is 0.489 e. The first-order valence-corrected chi connectivity index (χ1v) is 11.4. The molecule has 3 aromatic carbocycles. The standard InChI is InChI=1S/C25H21BrClN3O2/c1-2-3-24-29-23-13-8-19(26)14-22(23)25(31)30(24)28-15-17-6-11-21(12-7-17)32-16-18-4-9-20(27)10-5-18/h4-15H,2-3,16H2,1H3. The van der Waals surface area contributed by atoms with Crippen LogP contribution in [-0.2, 0) is 13.0 Å². The van der Waals surface area contributed by atoms with Gasteiger partial charge in [0.2, 0.25) is 0 Å². The number of benzene rings is 3. The lowest BCUT2D eigenvalue weighted by atomic mass is 10.2. The fraction of sp³-hybridized carbons (Fsp3) is 0.160. The van der Waals surface area contributed by atoms with E-state index in [0.29, 0.717) is 34.8 Å². The maximum Gasteiger partial charge on any atom is 0.282 e. The van der Waals surface area contributed by atoms with Gasteiger partial charge in [-0.15, -0.1) is 0 Å². The van der Waals surface area contributed by atoms with Crippen LogP contribution >= 0.6 is 27.5 Å². The lowest BCUT2D eigenvalue weighted by Crippen LogP contribution is -2.22. The highest BCUT2D eigenvalue weighted by Crippen LogP contribution is 2.17. The first-order chi connectivity index (χ1) is 15.5. The Balaban J connectivity index is 1.54. The summed E-state index contributed by atoms with van der Waals surface area (Å²) >= 11 is 9.33. The van der Waals surface area contributed by atoms with Gasteiger partial charge in [-0.1, -0.05) is 46.6 Å². The molecule has 0 atom stereocenters. The van der Waals surface area contributed by atoms with Crippen molar-refractivity contribution in [3.05, 3.63) is 104 Å². The van der Waals surface area contributed by atoms with Crippen molar-refractivity contribution in [3.63, 3.8) is 0 Å². The zero-order chi connectivity index (χ0) is 22.5. The van der Waals surface area contributed by atoms with Crippen molar-refractivity contribution < 1.29 is 4.74 Å². The normalized spacial score (nSPS) is 11.3. The van der Waals surface area contributed by atoms with Crippen LogP contribution in [0.5, 0.6) is 5.75 Å². The molecule has 7 heteroatoms. The number of fused-ring (bicyclic) bond motifs is 1. The molecule has 0 unspecified atom stereocenters. The van der Waals surface area contributed by atoms with Crippen molar-refractivity contribution in [3.8, 4) is 5.75 Å². The summed E-state index contributed by atoms with van der Waals surface area (Å²) in [5.74, 6) is 1.39. The van der Waals surface area contributed by atoms with Gasteiger partial charge in [0.15, 0.2) is 0 Å². The average Bonchev–Trinajstić information content (AvgIpc) is 2.80. The minimum atomic E-state index is -0.182.